The van der Waals surface area contributed by atoms with E-state index < -0.39 is 6.04 Å². The molecule has 1 aromatic heterocycles. The van der Waals surface area contributed by atoms with E-state index in [9.17, 15) is 14.0 Å². The van der Waals surface area contributed by atoms with Gasteiger partial charge in [-0.1, -0.05) is 42.5 Å². The van der Waals surface area contributed by atoms with Gasteiger partial charge in [0.15, 0.2) is 0 Å². The molecule has 2 amide bonds. The first-order valence-electron chi connectivity index (χ1n) is 9.52. The number of halogens is 1. The second kappa shape index (κ2) is 9.98. The van der Waals surface area contributed by atoms with Crippen molar-refractivity contribution in [1.82, 2.24) is 10.2 Å². The standard InChI is InChI=1S/C24H23FN2O2S/c1-27(2)24(29)21(16-17-6-4-3-5-7-17)26-23(28)15-13-20-12-14-22(30-20)18-8-10-19(25)11-9-18/h3-15,21H,16H2,1-2H3,(H,26,28). The van der Waals surface area contributed by atoms with Crippen LogP contribution in [0.2, 0.25) is 0 Å². The van der Waals surface area contributed by atoms with Crippen molar-refractivity contribution in [3.05, 3.63) is 89.1 Å². The first kappa shape index (κ1) is 21.5. The lowest BCUT2D eigenvalue weighted by Gasteiger charge is -2.21. The maximum absolute atomic E-state index is 13.1. The Kier molecular flexibility index (Phi) is 7.14. The van der Waals surface area contributed by atoms with Gasteiger partial charge in [0, 0.05) is 36.3 Å². The Hall–Kier alpha value is -3.25. The summed E-state index contributed by atoms with van der Waals surface area (Å²) in [5.41, 5.74) is 1.90. The van der Waals surface area contributed by atoms with Crippen LogP contribution < -0.4 is 5.32 Å². The molecule has 0 aliphatic carbocycles. The molecule has 6 heteroatoms. The topological polar surface area (TPSA) is 49.4 Å². The van der Waals surface area contributed by atoms with E-state index in [0.717, 1.165) is 20.9 Å². The van der Waals surface area contributed by atoms with Gasteiger partial charge in [0.2, 0.25) is 11.8 Å². The predicted molar refractivity (Wildman–Crippen MR) is 120 cm³/mol. The first-order valence-corrected chi connectivity index (χ1v) is 10.3. The van der Waals surface area contributed by atoms with Crippen LogP contribution >= 0.6 is 11.3 Å². The fourth-order valence-electron chi connectivity index (χ4n) is 2.95. The average Bonchev–Trinajstić information content (AvgIpc) is 3.21. The van der Waals surface area contributed by atoms with E-state index in [2.05, 4.69) is 5.32 Å². The van der Waals surface area contributed by atoms with Gasteiger partial charge in [-0.05, 0) is 41.5 Å². The molecular formula is C24H23FN2O2S. The lowest BCUT2D eigenvalue weighted by atomic mass is 10.0. The number of benzene rings is 2. The Morgan fingerprint density at radius 3 is 2.40 bits per heavy atom. The average molecular weight is 423 g/mol. The lowest BCUT2D eigenvalue weighted by Crippen LogP contribution is -2.47. The highest BCUT2D eigenvalue weighted by Gasteiger charge is 2.22. The summed E-state index contributed by atoms with van der Waals surface area (Å²) in [7, 11) is 3.34. The molecule has 0 saturated carbocycles. The monoisotopic (exact) mass is 422 g/mol. The van der Waals surface area contributed by atoms with Gasteiger partial charge in [0.25, 0.3) is 0 Å². The van der Waals surface area contributed by atoms with Crippen LogP contribution in [-0.2, 0) is 16.0 Å². The lowest BCUT2D eigenvalue weighted by molar-refractivity contribution is -0.133. The minimum Gasteiger partial charge on any atom is -0.347 e. The molecule has 0 bridgehead atoms. The van der Waals surface area contributed by atoms with Gasteiger partial charge >= 0.3 is 0 Å². The molecule has 30 heavy (non-hydrogen) atoms. The summed E-state index contributed by atoms with van der Waals surface area (Å²) in [5, 5.41) is 2.81. The molecular weight excluding hydrogens is 399 g/mol. The van der Waals surface area contributed by atoms with Crippen molar-refractivity contribution in [3.8, 4) is 10.4 Å². The highest BCUT2D eigenvalue weighted by Crippen LogP contribution is 2.28. The minimum atomic E-state index is -0.641. The third-order valence-electron chi connectivity index (χ3n) is 4.49. The summed E-state index contributed by atoms with van der Waals surface area (Å²) >= 11 is 1.50. The predicted octanol–water partition coefficient (Wildman–Crippen LogP) is 4.38. The summed E-state index contributed by atoms with van der Waals surface area (Å²) in [5.74, 6) is -0.761. The van der Waals surface area contributed by atoms with Crippen LogP contribution in [0.1, 0.15) is 10.4 Å². The number of amides is 2. The van der Waals surface area contributed by atoms with Gasteiger partial charge in [-0.25, -0.2) is 4.39 Å². The van der Waals surface area contributed by atoms with Crippen molar-refractivity contribution in [3.63, 3.8) is 0 Å². The fraction of sp³-hybridized carbons (Fsp3) is 0.167. The Bertz CT molecular complexity index is 1030. The third kappa shape index (κ3) is 5.87. The fourth-order valence-corrected chi connectivity index (χ4v) is 3.87. The molecule has 1 unspecified atom stereocenters. The molecule has 0 aliphatic heterocycles. The second-order valence-electron chi connectivity index (χ2n) is 7.03. The molecule has 4 nitrogen and oxygen atoms in total. The summed E-state index contributed by atoms with van der Waals surface area (Å²) < 4.78 is 13.1. The van der Waals surface area contributed by atoms with Gasteiger partial charge in [0.05, 0.1) is 0 Å². The van der Waals surface area contributed by atoms with E-state index in [1.165, 1.54) is 34.4 Å². The quantitative estimate of drug-likeness (QED) is 0.575. The van der Waals surface area contributed by atoms with Gasteiger partial charge < -0.3 is 10.2 Å². The minimum absolute atomic E-state index is 0.157. The Labute approximate surface area is 179 Å². The molecule has 0 saturated heterocycles. The number of hydrogen-bond acceptors (Lipinski definition) is 3. The SMILES string of the molecule is CN(C)C(=O)C(Cc1ccccc1)NC(=O)C=Cc1ccc(-c2ccc(F)cc2)s1. The molecule has 154 valence electrons. The zero-order chi connectivity index (χ0) is 21.5. The number of likely N-dealkylation sites (N-methyl/N-ethyl adjacent to an activating group) is 1. The number of thiophene rings is 1. The molecule has 1 N–H and O–H groups in total. The van der Waals surface area contributed by atoms with Crippen molar-refractivity contribution >= 4 is 29.2 Å². The van der Waals surface area contributed by atoms with Crippen molar-refractivity contribution in [2.24, 2.45) is 0 Å². The second-order valence-corrected chi connectivity index (χ2v) is 8.14. The maximum Gasteiger partial charge on any atom is 0.244 e. The molecule has 0 fully saturated rings. The number of nitrogens with one attached hydrogen (secondary N) is 1. The van der Waals surface area contributed by atoms with Crippen molar-refractivity contribution in [2.75, 3.05) is 14.1 Å². The largest absolute Gasteiger partial charge is 0.347 e. The van der Waals surface area contributed by atoms with Crippen LogP contribution in [0.25, 0.3) is 16.5 Å². The summed E-state index contributed by atoms with van der Waals surface area (Å²) in [6, 6.07) is 19.1. The first-order chi connectivity index (χ1) is 14.4. The Balaban J connectivity index is 1.66. The highest BCUT2D eigenvalue weighted by atomic mass is 32.1. The van der Waals surface area contributed by atoms with Crippen LogP contribution in [0.4, 0.5) is 4.39 Å². The normalized spacial score (nSPS) is 12.0. The molecule has 0 radical (unpaired) electrons. The highest BCUT2D eigenvalue weighted by molar-refractivity contribution is 7.16. The Morgan fingerprint density at radius 1 is 1.03 bits per heavy atom. The molecule has 3 rings (SSSR count). The van der Waals surface area contributed by atoms with E-state index >= 15 is 0 Å². The van der Waals surface area contributed by atoms with E-state index in [4.69, 9.17) is 0 Å². The summed E-state index contributed by atoms with van der Waals surface area (Å²) in [4.78, 5) is 28.3. The summed E-state index contributed by atoms with van der Waals surface area (Å²) in [6.45, 7) is 0. The number of rotatable bonds is 7. The van der Waals surface area contributed by atoms with Gasteiger partial charge in [-0.15, -0.1) is 11.3 Å². The summed E-state index contributed by atoms with van der Waals surface area (Å²) in [6.07, 6.45) is 3.57. The third-order valence-corrected chi connectivity index (χ3v) is 5.59. The molecule has 1 atom stereocenters. The van der Waals surface area contributed by atoms with Crippen LogP contribution in [0.5, 0.6) is 0 Å². The van der Waals surface area contributed by atoms with Crippen molar-refractivity contribution in [2.45, 2.75) is 12.5 Å². The molecule has 1 heterocycles. The molecule has 2 aromatic carbocycles. The van der Waals surface area contributed by atoms with Gasteiger partial charge in [-0.3, -0.25) is 9.59 Å². The van der Waals surface area contributed by atoms with E-state index in [1.54, 1.807) is 32.3 Å². The van der Waals surface area contributed by atoms with Crippen molar-refractivity contribution in [1.29, 1.82) is 0 Å². The molecule has 3 aromatic rings. The number of nitrogens with zero attached hydrogens (tertiary/aromatic N) is 1. The Morgan fingerprint density at radius 2 is 1.73 bits per heavy atom. The van der Waals surface area contributed by atoms with Gasteiger partial charge in [0.1, 0.15) is 11.9 Å². The number of hydrogen-bond donors (Lipinski definition) is 1. The number of carbonyl (C=O) groups is 2. The van der Waals surface area contributed by atoms with Gasteiger partial charge in [-0.2, -0.15) is 0 Å². The zero-order valence-electron chi connectivity index (χ0n) is 16.8. The molecule has 0 spiro atoms. The van der Waals surface area contributed by atoms with Crippen LogP contribution in [0, 0.1) is 5.82 Å². The maximum atomic E-state index is 13.1. The molecule has 0 aliphatic rings. The number of carbonyl (C=O) groups excluding carboxylic acids is 2. The van der Waals surface area contributed by atoms with E-state index in [-0.39, 0.29) is 17.6 Å². The zero-order valence-corrected chi connectivity index (χ0v) is 17.7. The van der Waals surface area contributed by atoms with Crippen molar-refractivity contribution < 1.29 is 14.0 Å². The van der Waals surface area contributed by atoms with Crippen LogP contribution in [-0.4, -0.2) is 36.9 Å². The smallest absolute Gasteiger partial charge is 0.244 e. The van der Waals surface area contributed by atoms with Crippen LogP contribution in [0.15, 0.2) is 72.8 Å². The van der Waals surface area contributed by atoms with Crippen LogP contribution in [0.3, 0.4) is 0 Å². The van der Waals surface area contributed by atoms with E-state index in [0.29, 0.717) is 6.42 Å². The van der Waals surface area contributed by atoms with E-state index in [1.807, 2.05) is 42.5 Å².